The highest BCUT2D eigenvalue weighted by Gasteiger charge is 2.36. The van der Waals surface area contributed by atoms with Crippen LogP contribution in [0, 0.1) is 0 Å². The van der Waals surface area contributed by atoms with Crippen molar-refractivity contribution in [2.75, 3.05) is 5.32 Å². The third kappa shape index (κ3) is 3.71. The van der Waals surface area contributed by atoms with Crippen LogP contribution in [-0.4, -0.2) is 24.3 Å². The Morgan fingerprint density at radius 2 is 2.00 bits per heavy atom. The zero-order valence-electron chi connectivity index (χ0n) is 15.9. The van der Waals surface area contributed by atoms with E-state index in [1.807, 2.05) is 6.07 Å². The van der Waals surface area contributed by atoms with Gasteiger partial charge in [-0.1, -0.05) is 11.6 Å². The lowest BCUT2D eigenvalue weighted by Gasteiger charge is -2.23. The Hall–Kier alpha value is -2.19. The van der Waals surface area contributed by atoms with Gasteiger partial charge in [0.2, 0.25) is 0 Å². The molecular weight excluding hydrogens is 404 g/mol. The first-order chi connectivity index (χ1) is 13.0. The molecule has 2 aromatic rings. The predicted molar refractivity (Wildman–Crippen MR) is 107 cm³/mol. The lowest BCUT2D eigenvalue weighted by molar-refractivity contribution is 0.244. The second-order valence-electron chi connectivity index (χ2n) is 7.74. The minimum Gasteiger partial charge on any atom is -0.504 e. The number of carbonyl (C=O) groups excluding carboxylic acids is 1. The van der Waals surface area contributed by atoms with Crippen LogP contribution in [0.3, 0.4) is 0 Å². The van der Waals surface area contributed by atoms with Gasteiger partial charge in [-0.25, -0.2) is 13.2 Å². The van der Waals surface area contributed by atoms with Crippen LogP contribution in [0.1, 0.15) is 51.0 Å². The first-order valence-electron chi connectivity index (χ1n) is 8.92. The Balaban J connectivity index is 1.84. The molecule has 1 heterocycles. The van der Waals surface area contributed by atoms with E-state index in [1.54, 1.807) is 6.26 Å². The average molecular weight is 427 g/mol. The van der Waals surface area contributed by atoms with E-state index in [4.69, 9.17) is 16.0 Å². The second-order valence-corrected chi connectivity index (χ2v) is 10.8. The molecule has 0 saturated carbocycles. The smallest absolute Gasteiger partial charge is 0.319 e. The second kappa shape index (κ2) is 7.33. The minimum atomic E-state index is -3.92. The Kier molecular flexibility index (Phi) is 5.38. The fourth-order valence-electron chi connectivity index (χ4n) is 3.15. The topological polar surface area (TPSA) is 109 Å². The van der Waals surface area contributed by atoms with Crippen molar-refractivity contribution in [1.29, 1.82) is 0 Å². The number of fused-ring (bicyclic) bond motifs is 1. The van der Waals surface area contributed by atoms with Crippen molar-refractivity contribution in [3.05, 3.63) is 40.8 Å². The number of sulfone groups is 1. The molecule has 0 bridgehead atoms. The number of phenols is 1. The van der Waals surface area contributed by atoms with Gasteiger partial charge in [0.1, 0.15) is 10.7 Å². The number of aromatic hydroxyl groups is 1. The molecule has 7 nitrogen and oxygen atoms in total. The minimum absolute atomic E-state index is 0.0415. The third-order valence-electron chi connectivity index (χ3n) is 4.75. The van der Waals surface area contributed by atoms with Crippen molar-refractivity contribution in [3.63, 3.8) is 0 Å². The summed E-state index contributed by atoms with van der Waals surface area (Å²) in [5, 5.41) is 15.7. The predicted octanol–water partition coefficient (Wildman–Crippen LogP) is 4.41. The van der Waals surface area contributed by atoms with E-state index in [1.165, 1.54) is 32.9 Å². The highest BCUT2D eigenvalue weighted by atomic mass is 35.5. The fraction of sp³-hybridized carbons (Fsp3) is 0.421. The molecule has 1 aromatic heterocycles. The number of anilines is 1. The molecule has 0 unspecified atom stereocenters. The maximum absolute atomic E-state index is 12.8. The molecule has 1 aliphatic rings. The van der Waals surface area contributed by atoms with Crippen molar-refractivity contribution >= 4 is 33.2 Å². The highest BCUT2D eigenvalue weighted by molar-refractivity contribution is 7.93. The van der Waals surface area contributed by atoms with E-state index in [2.05, 4.69) is 10.6 Å². The third-order valence-corrected chi connectivity index (χ3v) is 7.74. The van der Waals surface area contributed by atoms with Crippen LogP contribution in [0.25, 0.3) is 0 Å². The number of benzene rings is 1. The monoisotopic (exact) mass is 426 g/mol. The number of urea groups is 1. The Morgan fingerprint density at radius 3 is 2.68 bits per heavy atom. The quantitative estimate of drug-likeness (QED) is 0.630. The van der Waals surface area contributed by atoms with Gasteiger partial charge in [-0.05, 0) is 63.8 Å². The van der Waals surface area contributed by atoms with Crippen LogP contribution >= 0.6 is 11.6 Å². The maximum Gasteiger partial charge on any atom is 0.319 e. The average Bonchev–Trinajstić information content (AvgIpc) is 3.06. The first-order valence-corrected chi connectivity index (χ1v) is 10.8. The summed E-state index contributed by atoms with van der Waals surface area (Å²) in [6.07, 6.45) is 4.14. The number of hydrogen-bond donors (Lipinski definition) is 3. The van der Waals surface area contributed by atoms with Crippen molar-refractivity contribution < 1.29 is 22.7 Å². The molecule has 2 amide bonds. The van der Waals surface area contributed by atoms with Crippen molar-refractivity contribution in [2.24, 2.45) is 0 Å². The molecule has 1 aromatic carbocycles. The lowest BCUT2D eigenvalue weighted by atomic mass is 9.94. The summed E-state index contributed by atoms with van der Waals surface area (Å²) in [6.45, 7) is 4.53. The van der Waals surface area contributed by atoms with Crippen LogP contribution in [-0.2, 0) is 16.3 Å². The molecule has 9 heteroatoms. The molecule has 28 heavy (non-hydrogen) atoms. The van der Waals surface area contributed by atoms with Crippen LogP contribution in [0.4, 0.5) is 10.5 Å². The van der Waals surface area contributed by atoms with E-state index >= 15 is 0 Å². The van der Waals surface area contributed by atoms with Gasteiger partial charge in [-0.2, -0.15) is 0 Å². The number of carbonyl (C=O) groups is 1. The maximum atomic E-state index is 12.8. The summed E-state index contributed by atoms with van der Waals surface area (Å²) in [4.78, 5) is 12.1. The zero-order chi connectivity index (χ0) is 20.7. The number of rotatable bonds is 3. The number of furan rings is 1. The molecule has 0 radical (unpaired) electrons. The SMILES string of the molecule is CC(C)(C)S(=O)(=O)c1c(Cl)ccc(NC(=O)N[C@H]2CCCc3ccoc32)c1O. The van der Waals surface area contributed by atoms with Gasteiger partial charge >= 0.3 is 6.03 Å². The molecule has 0 spiro atoms. The van der Waals surface area contributed by atoms with E-state index in [9.17, 15) is 18.3 Å². The molecule has 1 atom stereocenters. The van der Waals surface area contributed by atoms with Gasteiger partial charge in [0, 0.05) is 0 Å². The van der Waals surface area contributed by atoms with Crippen LogP contribution in [0.5, 0.6) is 5.75 Å². The molecule has 152 valence electrons. The number of nitrogens with one attached hydrogen (secondary N) is 2. The molecule has 0 fully saturated rings. The molecule has 3 rings (SSSR count). The van der Waals surface area contributed by atoms with Gasteiger partial charge in [-0.3, -0.25) is 0 Å². The number of hydrogen-bond acceptors (Lipinski definition) is 5. The largest absolute Gasteiger partial charge is 0.504 e. The first kappa shape index (κ1) is 20.5. The summed E-state index contributed by atoms with van der Waals surface area (Å²) in [5.41, 5.74) is 1.02. The van der Waals surface area contributed by atoms with Gasteiger partial charge in [0.25, 0.3) is 0 Å². The van der Waals surface area contributed by atoms with E-state index in [-0.39, 0.29) is 16.8 Å². The van der Waals surface area contributed by atoms with Gasteiger partial charge in [0.15, 0.2) is 15.6 Å². The summed E-state index contributed by atoms with van der Waals surface area (Å²) >= 11 is 6.05. The fourth-order valence-corrected chi connectivity index (χ4v) is 4.91. The molecule has 3 N–H and O–H groups in total. The number of phenolic OH excluding ortho intramolecular Hbond substituents is 1. The Morgan fingerprint density at radius 1 is 1.29 bits per heavy atom. The Bertz CT molecular complexity index is 1010. The van der Waals surface area contributed by atoms with Crippen molar-refractivity contribution in [1.82, 2.24) is 5.32 Å². The van der Waals surface area contributed by atoms with Crippen molar-refractivity contribution in [2.45, 2.75) is 55.7 Å². The van der Waals surface area contributed by atoms with Crippen LogP contribution in [0.15, 0.2) is 33.8 Å². The van der Waals surface area contributed by atoms with E-state index in [0.29, 0.717) is 0 Å². The molecule has 0 aliphatic heterocycles. The number of amides is 2. The van der Waals surface area contributed by atoms with Crippen LogP contribution < -0.4 is 10.6 Å². The highest BCUT2D eigenvalue weighted by Crippen LogP contribution is 2.41. The molecule has 1 aliphatic carbocycles. The summed E-state index contributed by atoms with van der Waals surface area (Å²) in [6, 6.07) is 3.71. The van der Waals surface area contributed by atoms with Crippen LogP contribution in [0.2, 0.25) is 5.02 Å². The summed E-state index contributed by atoms with van der Waals surface area (Å²) in [7, 11) is -3.92. The normalized spacial score (nSPS) is 17.1. The van der Waals surface area contributed by atoms with E-state index < -0.39 is 31.3 Å². The van der Waals surface area contributed by atoms with Crippen molar-refractivity contribution in [3.8, 4) is 5.75 Å². The van der Waals surface area contributed by atoms with E-state index in [0.717, 1.165) is 30.6 Å². The zero-order valence-corrected chi connectivity index (χ0v) is 17.4. The number of aryl methyl sites for hydroxylation is 1. The Labute approximate surface area is 169 Å². The van der Waals surface area contributed by atoms with Gasteiger partial charge in [0.05, 0.1) is 27.8 Å². The summed E-state index contributed by atoms with van der Waals surface area (Å²) in [5.74, 6) is 0.137. The number of halogens is 1. The standard InChI is InChI=1S/C19H23ClN2O5S/c1-19(2,3)28(25,26)17-12(20)7-8-13(15(17)23)21-18(24)22-14-6-4-5-11-9-10-27-16(11)14/h7-10,14,23H,4-6H2,1-3H3,(H2,21,22,24)/t14-/m0/s1. The molecule has 0 saturated heterocycles. The summed E-state index contributed by atoms with van der Waals surface area (Å²) < 4.78 is 29.8. The molecular formula is C19H23ClN2O5S. The van der Waals surface area contributed by atoms with Gasteiger partial charge < -0.3 is 20.2 Å². The van der Waals surface area contributed by atoms with Gasteiger partial charge in [-0.15, -0.1) is 0 Å². The lowest BCUT2D eigenvalue weighted by Crippen LogP contribution is -2.34.